The SMILES string of the molecule is Cc1cccc(-c2nc(C(=O)NS(=O)(=O)c3cccc4cnccc34)c(C)[nH]2)c1. The van der Waals surface area contributed by atoms with Gasteiger partial charge in [0.2, 0.25) is 0 Å². The van der Waals surface area contributed by atoms with Crippen LogP contribution >= 0.6 is 0 Å². The van der Waals surface area contributed by atoms with Crippen LogP contribution in [0.15, 0.2) is 65.8 Å². The van der Waals surface area contributed by atoms with Gasteiger partial charge in [-0.3, -0.25) is 9.78 Å². The molecule has 0 aliphatic rings. The number of H-pyrrole nitrogens is 1. The van der Waals surface area contributed by atoms with Crippen LogP contribution in [0.1, 0.15) is 21.7 Å². The summed E-state index contributed by atoms with van der Waals surface area (Å²) in [5.74, 6) is -0.284. The Bertz CT molecular complexity index is 1340. The van der Waals surface area contributed by atoms with Gasteiger partial charge >= 0.3 is 0 Å². The van der Waals surface area contributed by atoms with Crippen LogP contribution in [-0.2, 0) is 10.0 Å². The predicted molar refractivity (Wildman–Crippen MR) is 110 cm³/mol. The Morgan fingerprint density at radius 1 is 1.07 bits per heavy atom. The van der Waals surface area contributed by atoms with Crippen molar-refractivity contribution in [2.45, 2.75) is 18.7 Å². The molecule has 0 aliphatic carbocycles. The fourth-order valence-corrected chi connectivity index (χ4v) is 4.35. The summed E-state index contributed by atoms with van der Waals surface area (Å²) in [5.41, 5.74) is 2.38. The lowest BCUT2D eigenvalue weighted by molar-refractivity contribution is 0.0976. The number of hydrogen-bond donors (Lipinski definition) is 2. The Morgan fingerprint density at radius 2 is 1.86 bits per heavy atom. The number of aryl methyl sites for hydroxylation is 2. The molecule has 0 aliphatic heterocycles. The number of rotatable bonds is 4. The van der Waals surface area contributed by atoms with Gasteiger partial charge in [0.25, 0.3) is 15.9 Å². The topological polar surface area (TPSA) is 105 Å². The molecule has 0 atom stereocenters. The highest BCUT2D eigenvalue weighted by Crippen LogP contribution is 2.23. The fraction of sp³-hybridized carbons (Fsp3) is 0.0952. The normalized spacial score (nSPS) is 11.5. The smallest absolute Gasteiger partial charge is 0.285 e. The van der Waals surface area contributed by atoms with Crippen molar-refractivity contribution in [1.29, 1.82) is 0 Å². The van der Waals surface area contributed by atoms with Gasteiger partial charge in [-0.15, -0.1) is 0 Å². The number of sulfonamides is 1. The Balaban J connectivity index is 1.67. The molecule has 7 nitrogen and oxygen atoms in total. The third-order valence-electron chi connectivity index (χ3n) is 4.55. The molecule has 0 bridgehead atoms. The molecule has 2 aromatic carbocycles. The number of imidazole rings is 1. The first-order chi connectivity index (χ1) is 13.8. The van der Waals surface area contributed by atoms with Crippen molar-refractivity contribution in [3.05, 3.63) is 77.9 Å². The van der Waals surface area contributed by atoms with E-state index in [1.165, 1.54) is 12.3 Å². The van der Waals surface area contributed by atoms with Crippen molar-refractivity contribution < 1.29 is 13.2 Å². The average molecular weight is 406 g/mol. The van der Waals surface area contributed by atoms with Crippen LogP contribution in [0.3, 0.4) is 0 Å². The van der Waals surface area contributed by atoms with Crippen molar-refractivity contribution in [3.8, 4) is 11.4 Å². The van der Waals surface area contributed by atoms with Gasteiger partial charge in [-0.25, -0.2) is 18.1 Å². The van der Waals surface area contributed by atoms with Gasteiger partial charge in [0, 0.05) is 34.4 Å². The van der Waals surface area contributed by atoms with Crippen molar-refractivity contribution in [2.24, 2.45) is 0 Å². The van der Waals surface area contributed by atoms with E-state index in [9.17, 15) is 13.2 Å². The zero-order valence-corrected chi connectivity index (χ0v) is 16.6. The van der Waals surface area contributed by atoms with Crippen molar-refractivity contribution in [1.82, 2.24) is 19.7 Å². The fourth-order valence-electron chi connectivity index (χ4n) is 3.16. The first kappa shape index (κ1) is 18.8. The Hall–Kier alpha value is -3.52. The molecule has 0 fully saturated rings. The second-order valence-electron chi connectivity index (χ2n) is 6.72. The van der Waals surface area contributed by atoms with Crippen LogP contribution in [0.4, 0.5) is 0 Å². The van der Waals surface area contributed by atoms with Gasteiger partial charge in [0.1, 0.15) is 5.82 Å². The average Bonchev–Trinajstić information content (AvgIpc) is 3.09. The Labute approximate surface area is 167 Å². The number of aromatic amines is 1. The molecular formula is C21H18N4O3S. The van der Waals surface area contributed by atoms with E-state index in [1.807, 2.05) is 31.2 Å². The largest absolute Gasteiger partial charge is 0.341 e. The van der Waals surface area contributed by atoms with E-state index in [2.05, 4.69) is 19.7 Å². The summed E-state index contributed by atoms with van der Waals surface area (Å²) < 4.78 is 27.9. The number of pyridine rings is 1. The van der Waals surface area contributed by atoms with Crippen LogP contribution in [-0.4, -0.2) is 29.3 Å². The quantitative estimate of drug-likeness (QED) is 0.541. The monoisotopic (exact) mass is 406 g/mol. The molecule has 0 spiro atoms. The number of nitrogens with zero attached hydrogens (tertiary/aromatic N) is 2. The molecule has 4 rings (SSSR count). The molecule has 0 unspecified atom stereocenters. The number of nitrogens with one attached hydrogen (secondary N) is 2. The first-order valence-electron chi connectivity index (χ1n) is 8.89. The number of aromatic nitrogens is 3. The van der Waals surface area contributed by atoms with E-state index in [1.54, 1.807) is 31.3 Å². The minimum atomic E-state index is -4.09. The van der Waals surface area contributed by atoms with E-state index in [4.69, 9.17) is 0 Å². The molecule has 2 aromatic heterocycles. The summed E-state index contributed by atoms with van der Waals surface area (Å²) in [6, 6.07) is 14.1. The van der Waals surface area contributed by atoms with Crippen LogP contribution < -0.4 is 4.72 Å². The maximum Gasteiger partial charge on any atom is 0.285 e. The van der Waals surface area contributed by atoms with Crippen LogP contribution in [0.25, 0.3) is 22.2 Å². The second kappa shape index (κ2) is 7.14. The van der Waals surface area contributed by atoms with Gasteiger partial charge < -0.3 is 4.98 Å². The zero-order valence-electron chi connectivity index (χ0n) is 15.8. The number of carbonyl (C=O) groups is 1. The summed E-state index contributed by atoms with van der Waals surface area (Å²) in [6.07, 6.45) is 3.08. The van der Waals surface area contributed by atoms with Crippen LogP contribution in [0, 0.1) is 13.8 Å². The molecule has 1 amide bonds. The third kappa shape index (κ3) is 3.62. The summed E-state index contributed by atoms with van der Waals surface area (Å²) in [6.45, 7) is 3.64. The molecule has 4 aromatic rings. The number of benzene rings is 2. The van der Waals surface area contributed by atoms with E-state index in [0.717, 1.165) is 11.1 Å². The van der Waals surface area contributed by atoms with Gasteiger partial charge in [-0.05, 0) is 32.0 Å². The van der Waals surface area contributed by atoms with Gasteiger partial charge in [-0.2, -0.15) is 0 Å². The highest BCUT2D eigenvalue weighted by molar-refractivity contribution is 7.90. The lowest BCUT2D eigenvalue weighted by Crippen LogP contribution is -2.31. The lowest BCUT2D eigenvalue weighted by atomic mass is 10.1. The van der Waals surface area contributed by atoms with Crippen LogP contribution in [0.2, 0.25) is 0 Å². The van der Waals surface area contributed by atoms with Crippen molar-refractivity contribution in [2.75, 3.05) is 0 Å². The zero-order chi connectivity index (χ0) is 20.6. The van der Waals surface area contributed by atoms with E-state index >= 15 is 0 Å². The number of fused-ring (bicyclic) bond motifs is 1. The summed E-state index contributed by atoms with van der Waals surface area (Å²) >= 11 is 0. The maximum absolute atomic E-state index is 12.9. The predicted octanol–water partition coefficient (Wildman–Crippen LogP) is 3.36. The van der Waals surface area contributed by atoms with E-state index in [0.29, 0.717) is 22.3 Å². The number of carbonyl (C=O) groups excluding carboxylic acids is 1. The van der Waals surface area contributed by atoms with E-state index < -0.39 is 15.9 Å². The molecular weight excluding hydrogens is 388 g/mol. The first-order valence-corrected chi connectivity index (χ1v) is 10.4. The Kier molecular flexibility index (Phi) is 4.63. The molecule has 146 valence electrons. The van der Waals surface area contributed by atoms with Gasteiger partial charge in [0.05, 0.1) is 4.90 Å². The molecule has 29 heavy (non-hydrogen) atoms. The van der Waals surface area contributed by atoms with Crippen molar-refractivity contribution >= 4 is 26.7 Å². The third-order valence-corrected chi connectivity index (χ3v) is 5.94. The number of hydrogen-bond acceptors (Lipinski definition) is 5. The Morgan fingerprint density at radius 3 is 2.66 bits per heavy atom. The maximum atomic E-state index is 12.9. The summed E-state index contributed by atoms with van der Waals surface area (Å²) in [4.78, 5) is 24.1. The molecule has 2 N–H and O–H groups in total. The highest BCUT2D eigenvalue weighted by atomic mass is 32.2. The van der Waals surface area contributed by atoms with Crippen molar-refractivity contribution in [3.63, 3.8) is 0 Å². The number of amides is 1. The second-order valence-corrected chi connectivity index (χ2v) is 8.37. The summed E-state index contributed by atoms with van der Waals surface area (Å²) in [7, 11) is -4.09. The van der Waals surface area contributed by atoms with Crippen LogP contribution in [0.5, 0.6) is 0 Å². The standard InChI is InChI=1S/C21H18N4O3S/c1-13-5-3-6-15(11-13)20-23-14(2)19(24-20)21(26)25-29(27,28)18-8-4-7-16-12-22-10-9-17(16)18/h3-12H,1-2H3,(H,23,24)(H,25,26). The lowest BCUT2D eigenvalue weighted by Gasteiger charge is -2.09. The summed E-state index contributed by atoms with van der Waals surface area (Å²) in [5, 5.41) is 1.16. The molecule has 0 saturated carbocycles. The van der Waals surface area contributed by atoms with Gasteiger partial charge in [-0.1, -0.05) is 35.9 Å². The molecule has 0 radical (unpaired) electrons. The van der Waals surface area contributed by atoms with E-state index in [-0.39, 0.29) is 10.6 Å². The molecule has 2 heterocycles. The minimum Gasteiger partial charge on any atom is -0.341 e. The molecule has 0 saturated heterocycles. The molecule has 8 heteroatoms. The minimum absolute atomic E-state index is 0.0119. The highest BCUT2D eigenvalue weighted by Gasteiger charge is 2.24. The van der Waals surface area contributed by atoms with Gasteiger partial charge in [0.15, 0.2) is 5.69 Å².